The largest absolute Gasteiger partial charge is 0.573 e. The number of ether oxygens (including phenoxy) is 2. The molecule has 0 saturated carbocycles. The van der Waals surface area contributed by atoms with Gasteiger partial charge in [0.2, 0.25) is 5.91 Å². The number of piperazine rings is 1. The summed E-state index contributed by atoms with van der Waals surface area (Å²) in [5.41, 5.74) is -0.00101. The molecule has 14 heteroatoms. The molecule has 42 heavy (non-hydrogen) atoms. The van der Waals surface area contributed by atoms with Gasteiger partial charge in [-0.1, -0.05) is 24.3 Å². The van der Waals surface area contributed by atoms with Crippen LogP contribution in [0.25, 0.3) is 11.1 Å². The fourth-order valence-electron chi connectivity index (χ4n) is 4.73. The lowest BCUT2D eigenvalue weighted by Gasteiger charge is -2.39. The second-order valence-electron chi connectivity index (χ2n) is 9.49. The zero-order valence-corrected chi connectivity index (χ0v) is 21.5. The second kappa shape index (κ2) is 10.9. The number of anilines is 1. The Hall–Kier alpha value is -4.75. The fraction of sp³-hybridized carbons (Fsp3) is 0.250. The Balaban J connectivity index is 1.28. The maximum atomic E-state index is 13.5. The number of hydrogen-bond acceptors (Lipinski definition) is 5. The normalized spacial score (nSPS) is 17.1. The van der Waals surface area contributed by atoms with E-state index in [1.807, 2.05) is 0 Å². The number of hydrogen-bond donors (Lipinski definition) is 1. The first-order valence-corrected chi connectivity index (χ1v) is 12.5. The van der Waals surface area contributed by atoms with Crippen LogP contribution in [0.1, 0.15) is 15.9 Å². The molecule has 220 valence electrons. The number of benzene rings is 3. The molecule has 3 amide bonds. The van der Waals surface area contributed by atoms with E-state index in [-0.39, 0.29) is 42.2 Å². The molecule has 2 aliphatic heterocycles. The van der Waals surface area contributed by atoms with Crippen molar-refractivity contribution in [1.82, 2.24) is 9.80 Å². The van der Waals surface area contributed by atoms with Gasteiger partial charge in [-0.15, -0.1) is 13.2 Å². The minimum Gasteiger partial charge on any atom is -0.484 e. The van der Waals surface area contributed by atoms with Gasteiger partial charge in [-0.25, -0.2) is 0 Å². The monoisotopic (exact) mass is 593 g/mol. The first kappa shape index (κ1) is 28.8. The van der Waals surface area contributed by atoms with Gasteiger partial charge in [0.15, 0.2) is 6.61 Å². The molecule has 1 unspecified atom stereocenters. The average Bonchev–Trinajstić information content (AvgIpc) is 3.04. The predicted molar refractivity (Wildman–Crippen MR) is 136 cm³/mol. The molecular formula is C28H21F6N3O5. The molecule has 1 atom stereocenters. The van der Waals surface area contributed by atoms with Crippen molar-refractivity contribution in [1.29, 1.82) is 0 Å². The molecule has 2 heterocycles. The first-order valence-electron chi connectivity index (χ1n) is 12.5. The molecule has 0 aromatic heterocycles. The Morgan fingerprint density at radius 2 is 1.60 bits per heavy atom. The minimum absolute atomic E-state index is 0.0230. The summed E-state index contributed by atoms with van der Waals surface area (Å²) in [7, 11) is 0. The summed E-state index contributed by atoms with van der Waals surface area (Å²) in [6.07, 6.45) is -9.45. The van der Waals surface area contributed by atoms with Crippen molar-refractivity contribution in [2.75, 3.05) is 31.6 Å². The van der Waals surface area contributed by atoms with Gasteiger partial charge in [-0.2, -0.15) is 13.2 Å². The average molecular weight is 593 g/mol. The summed E-state index contributed by atoms with van der Waals surface area (Å²) in [6, 6.07) is 12.6. The van der Waals surface area contributed by atoms with Gasteiger partial charge in [0.25, 0.3) is 11.8 Å². The van der Waals surface area contributed by atoms with E-state index in [1.54, 1.807) is 0 Å². The zero-order chi connectivity index (χ0) is 30.2. The van der Waals surface area contributed by atoms with Crippen molar-refractivity contribution in [2.24, 2.45) is 0 Å². The van der Waals surface area contributed by atoms with Crippen LogP contribution in [-0.4, -0.2) is 66.2 Å². The number of rotatable bonds is 5. The number of fused-ring (bicyclic) bond motifs is 2. The number of carbonyl (C=O) groups is 3. The van der Waals surface area contributed by atoms with Gasteiger partial charge in [0.05, 0.1) is 23.4 Å². The molecule has 2 aliphatic rings. The number of alkyl halides is 6. The Morgan fingerprint density at radius 1 is 0.881 bits per heavy atom. The third kappa shape index (κ3) is 6.26. The third-order valence-electron chi connectivity index (χ3n) is 6.73. The van der Waals surface area contributed by atoms with E-state index in [1.165, 1.54) is 52.3 Å². The SMILES string of the molecule is O=C1Nc2ccc(-c3cccc(C(F)(F)F)c3)cc2C(=O)N2CCN(C(=O)COc3cccc(OC(F)(F)F)c3)CC12. The number of amides is 3. The van der Waals surface area contributed by atoms with Crippen molar-refractivity contribution in [3.63, 3.8) is 0 Å². The Kier molecular flexibility index (Phi) is 7.47. The highest BCUT2D eigenvalue weighted by Crippen LogP contribution is 2.34. The van der Waals surface area contributed by atoms with Crippen LogP contribution in [0.5, 0.6) is 11.5 Å². The lowest BCUT2D eigenvalue weighted by atomic mass is 9.99. The molecule has 1 fully saturated rings. The smallest absolute Gasteiger partial charge is 0.484 e. The molecule has 5 rings (SSSR count). The molecule has 0 radical (unpaired) electrons. The highest BCUT2D eigenvalue weighted by atomic mass is 19.4. The van der Waals surface area contributed by atoms with Crippen LogP contribution in [0.2, 0.25) is 0 Å². The summed E-state index contributed by atoms with van der Waals surface area (Å²) in [5.74, 6) is -2.23. The summed E-state index contributed by atoms with van der Waals surface area (Å²) in [4.78, 5) is 42.0. The lowest BCUT2D eigenvalue weighted by molar-refractivity contribution is -0.274. The predicted octanol–water partition coefficient (Wildman–Crippen LogP) is 4.96. The fourth-order valence-corrected chi connectivity index (χ4v) is 4.73. The third-order valence-corrected chi connectivity index (χ3v) is 6.73. The van der Waals surface area contributed by atoms with Crippen LogP contribution in [-0.2, 0) is 15.8 Å². The zero-order valence-electron chi connectivity index (χ0n) is 21.5. The Labute approximate surface area is 234 Å². The molecule has 0 aliphatic carbocycles. The van der Waals surface area contributed by atoms with E-state index in [4.69, 9.17) is 4.74 Å². The van der Waals surface area contributed by atoms with Crippen LogP contribution in [0.15, 0.2) is 66.7 Å². The quantitative estimate of drug-likeness (QED) is 0.423. The van der Waals surface area contributed by atoms with Crippen molar-refractivity contribution < 1.29 is 50.2 Å². The number of halogens is 6. The Morgan fingerprint density at radius 3 is 2.33 bits per heavy atom. The maximum absolute atomic E-state index is 13.5. The van der Waals surface area contributed by atoms with Crippen LogP contribution in [0, 0.1) is 0 Å². The van der Waals surface area contributed by atoms with Crippen molar-refractivity contribution in [2.45, 2.75) is 18.6 Å². The standard InChI is InChI=1S/C28H21F6N3O5/c29-27(30,31)18-4-1-3-16(11-18)17-7-8-22-21(12-17)26(40)37-10-9-36(14-23(37)25(39)35-22)24(38)15-41-19-5-2-6-20(13-19)42-28(32,33)34/h1-8,11-13,23H,9-10,14-15H2,(H,35,39). The summed E-state index contributed by atoms with van der Waals surface area (Å²) >= 11 is 0. The van der Waals surface area contributed by atoms with Crippen molar-refractivity contribution in [3.05, 3.63) is 77.9 Å². The molecule has 0 spiro atoms. The van der Waals surface area contributed by atoms with Gasteiger partial charge in [0, 0.05) is 19.2 Å². The molecule has 3 aromatic rings. The molecule has 1 saturated heterocycles. The summed E-state index contributed by atoms with van der Waals surface area (Å²) in [6.45, 7) is -0.702. The van der Waals surface area contributed by atoms with Crippen LogP contribution in [0.3, 0.4) is 0 Å². The number of nitrogens with zero attached hydrogens (tertiary/aromatic N) is 2. The lowest BCUT2D eigenvalue weighted by Crippen LogP contribution is -2.60. The molecule has 1 N–H and O–H groups in total. The van der Waals surface area contributed by atoms with Crippen molar-refractivity contribution >= 4 is 23.4 Å². The van der Waals surface area contributed by atoms with Gasteiger partial charge >= 0.3 is 12.5 Å². The number of carbonyl (C=O) groups excluding carboxylic acids is 3. The first-order chi connectivity index (χ1) is 19.8. The van der Waals surface area contributed by atoms with E-state index < -0.39 is 54.2 Å². The Bertz CT molecular complexity index is 1540. The highest BCUT2D eigenvalue weighted by molar-refractivity contribution is 6.10. The van der Waals surface area contributed by atoms with E-state index >= 15 is 0 Å². The highest BCUT2D eigenvalue weighted by Gasteiger charge is 2.40. The summed E-state index contributed by atoms with van der Waals surface area (Å²) < 4.78 is 86.2. The molecule has 0 bridgehead atoms. The topological polar surface area (TPSA) is 88.2 Å². The molecular weight excluding hydrogens is 572 g/mol. The van der Waals surface area contributed by atoms with Gasteiger partial charge < -0.3 is 24.6 Å². The van der Waals surface area contributed by atoms with Gasteiger partial charge in [-0.05, 0) is 47.5 Å². The number of nitrogens with one attached hydrogen (secondary N) is 1. The maximum Gasteiger partial charge on any atom is 0.573 e. The van der Waals surface area contributed by atoms with E-state index in [9.17, 15) is 40.7 Å². The second-order valence-corrected chi connectivity index (χ2v) is 9.49. The van der Waals surface area contributed by atoms with E-state index in [2.05, 4.69) is 10.1 Å². The van der Waals surface area contributed by atoms with Crippen LogP contribution in [0.4, 0.5) is 32.0 Å². The van der Waals surface area contributed by atoms with Gasteiger partial charge in [0.1, 0.15) is 17.5 Å². The molecule has 3 aromatic carbocycles. The van der Waals surface area contributed by atoms with E-state index in [0.717, 1.165) is 24.3 Å². The summed E-state index contributed by atoms with van der Waals surface area (Å²) in [5, 5.41) is 2.65. The van der Waals surface area contributed by atoms with Crippen molar-refractivity contribution in [3.8, 4) is 22.6 Å². The van der Waals surface area contributed by atoms with E-state index in [0.29, 0.717) is 5.56 Å². The molecule has 8 nitrogen and oxygen atoms in total. The minimum atomic E-state index is -4.90. The van der Waals surface area contributed by atoms with Gasteiger partial charge in [-0.3, -0.25) is 14.4 Å². The van der Waals surface area contributed by atoms with Crippen LogP contribution < -0.4 is 14.8 Å². The van der Waals surface area contributed by atoms with Crippen LogP contribution >= 0.6 is 0 Å².